The van der Waals surface area contributed by atoms with E-state index in [-0.39, 0.29) is 5.54 Å². The highest BCUT2D eigenvalue weighted by molar-refractivity contribution is 6.30. The molecule has 1 aromatic rings. The monoisotopic (exact) mass is 310 g/mol. The predicted molar refractivity (Wildman–Crippen MR) is 92.3 cm³/mol. The van der Waals surface area contributed by atoms with Crippen LogP contribution >= 0.6 is 11.6 Å². The van der Waals surface area contributed by atoms with Gasteiger partial charge in [-0.05, 0) is 44.9 Å². The third kappa shape index (κ3) is 8.58. The van der Waals surface area contributed by atoms with Crippen LogP contribution in [0.25, 0.3) is 0 Å². The smallest absolute Gasteiger partial charge is 0.191 e. The van der Waals surface area contributed by atoms with E-state index in [9.17, 15) is 0 Å². The minimum Gasteiger partial charge on any atom is -0.356 e. The summed E-state index contributed by atoms with van der Waals surface area (Å²) in [5.74, 6) is 0.833. The molecule has 0 radical (unpaired) electrons. The summed E-state index contributed by atoms with van der Waals surface area (Å²) in [4.78, 5) is 4.21. The van der Waals surface area contributed by atoms with Crippen LogP contribution in [0.4, 0.5) is 0 Å². The van der Waals surface area contributed by atoms with Gasteiger partial charge in [0.2, 0.25) is 0 Å². The molecule has 21 heavy (non-hydrogen) atoms. The van der Waals surface area contributed by atoms with Crippen LogP contribution in [0.2, 0.25) is 5.02 Å². The highest BCUT2D eigenvalue weighted by Crippen LogP contribution is 2.09. The van der Waals surface area contributed by atoms with E-state index in [0.717, 1.165) is 37.0 Å². The van der Waals surface area contributed by atoms with E-state index in [1.165, 1.54) is 5.56 Å². The van der Waals surface area contributed by atoms with Crippen LogP contribution in [0.15, 0.2) is 29.3 Å². The molecule has 118 valence electrons. The zero-order valence-electron chi connectivity index (χ0n) is 13.5. The van der Waals surface area contributed by atoms with Gasteiger partial charge in [-0.1, -0.05) is 23.7 Å². The van der Waals surface area contributed by atoms with Crippen molar-refractivity contribution in [3.8, 4) is 0 Å². The van der Waals surface area contributed by atoms with Gasteiger partial charge in [0.25, 0.3) is 0 Å². The first-order valence-corrected chi connectivity index (χ1v) is 7.72. The van der Waals surface area contributed by atoms with Gasteiger partial charge in [0.05, 0.1) is 0 Å². The SMILES string of the molecule is CN=C(NCCNC(C)(C)C)NCCc1ccc(Cl)cc1. The van der Waals surface area contributed by atoms with Gasteiger partial charge in [-0.3, -0.25) is 4.99 Å². The first kappa shape index (κ1) is 17.8. The van der Waals surface area contributed by atoms with Gasteiger partial charge in [0, 0.05) is 37.2 Å². The second-order valence-corrected chi connectivity index (χ2v) is 6.42. The van der Waals surface area contributed by atoms with Crippen LogP contribution in [0, 0.1) is 0 Å². The third-order valence-electron chi connectivity index (χ3n) is 2.92. The van der Waals surface area contributed by atoms with Crippen LogP contribution < -0.4 is 16.0 Å². The van der Waals surface area contributed by atoms with Crippen molar-refractivity contribution in [1.29, 1.82) is 0 Å². The first-order chi connectivity index (χ1) is 9.90. The summed E-state index contributed by atoms with van der Waals surface area (Å²) < 4.78 is 0. The lowest BCUT2D eigenvalue weighted by atomic mass is 10.1. The van der Waals surface area contributed by atoms with Crippen LogP contribution in [-0.2, 0) is 6.42 Å². The summed E-state index contributed by atoms with van der Waals surface area (Å²) in [7, 11) is 1.79. The van der Waals surface area contributed by atoms with Crippen molar-refractivity contribution < 1.29 is 0 Å². The molecule has 0 saturated carbocycles. The molecule has 1 rings (SSSR count). The molecule has 0 aliphatic carbocycles. The van der Waals surface area contributed by atoms with Crippen LogP contribution in [-0.4, -0.2) is 38.2 Å². The minimum atomic E-state index is 0.146. The number of guanidine groups is 1. The summed E-state index contributed by atoms with van der Waals surface area (Å²) in [6.45, 7) is 9.07. The summed E-state index contributed by atoms with van der Waals surface area (Å²) in [6, 6.07) is 7.94. The van der Waals surface area contributed by atoms with Gasteiger partial charge in [0.1, 0.15) is 0 Å². The maximum Gasteiger partial charge on any atom is 0.191 e. The highest BCUT2D eigenvalue weighted by Gasteiger charge is 2.07. The van der Waals surface area contributed by atoms with E-state index in [0.29, 0.717) is 0 Å². The lowest BCUT2D eigenvalue weighted by molar-refractivity contribution is 0.428. The lowest BCUT2D eigenvalue weighted by Gasteiger charge is -2.21. The molecule has 0 fully saturated rings. The Morgan fingerprint density at radius 3 is 2.24 bits per heavy atom. The molecule has 0 heterocycles. The number of hydrogen-bond acceptors (Lipinski definition) is 2. The molecule has 0 unspecified atom stereocenters. The van der Waals surface area contributed by atoms with Gasteiger partial charge in [-0.25, -0.2) is 0 Å². The van der Waals surface area contributed by atoms with Crippen molar-refractivity contribution in [2.45, 2.75) is 32.7 Å². The van der Waals surface area contributed by atoms with Crippen molar-refractivity contribution in [2.24, 2.45) is 4.99 Å². The Morgan fingerprint density at radius 2 is 1.67 bits per heavy atom. The minimum absolute atomic E-state index is 0.146. The average Bonchev–Trinajstić information content (AvgIpc) is 2.42. The Balaban J connectivity index is 2.21. The van der Waals surface area contributed by atoms with Crippen LogP contribution in [0.3, 0.4) is 0 Å². The number of nitrogens with one attached hydrogen (secondary N) is 3. The fourth-order valence-corrected chi connectivity index (χ4v) is 1.94. The molecular formula is C16H27ClN4. The molecule has 0 atom stereocenters. The molecule has 0 amide bonds. The Labute approximate surface area is 133 Å². The number of nitrogens with zero attached hydrogens (tertiary/aromatic N) is 1. The Bertz CT molecular complexity index is 435. The third-order valence-corrected chi connectivity index (χ3v) is 3.17. The van der Waals surface area contributed by atoms with Crippen molar-refractivity contribution in [1.82, 2.24) is 16.0 Å². The molecule has 5 heteroatoms. The molecule has 0 aliphatic heterocycles. The van der Waals surface area contributed by atoms with Gasteiger partial charge in [-0.2, -0.15) is 0 Å². The first-order valence-electron chi connectivity index (χ1n) is 7.35. The quantitative estimate of drug-likeness (QED) is 0.430. The summed E-state index contributed by atoms with van der Waals surface area (Å²) in [5, 5.41) is 10.8. The molecule has 0 saturated heterocycles. The maximum atomic E-state index is 5.87. The Morgan fingerprint density at radius 1 is 1.05 bits per heavy atom. The zero-order chi connectivity index (χ0) is 15.7. The molecule has 3 N–H and O–H groups in total. The standard InChI is InChI=1S/C16H27ClN4/c1-16(2,3)21-12-11-20-15(18-4)19-10-9-13-5-7-14(17)8-6-13/h5-8,21H,9-12H2,1-4H3,(H2,18,19,20). The molecule has 1 aromatic carbocycles. The number of hydrogen-bond donors (Lipinski definition) is 3. The second-order valence-electron chi connectivity index (χ2n) is 5.98. The fourth-order valence-electron chi connectivity index (χ4n) is 1.82. The van der Waals surface area contributed by atoms with E-state index in [1.54, 1.807) is 7.05 Å². The van der Waals surface area contributed by atoms with E-state index < -0.39 is 0 Å². The molecule has 0 aliphatic rings. The van der Waals surface area contributed by atoms with E-state index in [4.69, 9.17) is 11.6 Å². The van der Waals surface area contributed by atoms with Gasteiger partial charge < -0.3 is 16.0 Å². The van der Waals surface area contributed by atoms with Crippen molar-refractivity contribution >= 4 is 17.6 Å². The molecule has 0 spiro atoms. The zero-order valence-corrected chi connectivity index (χ0v) is 14.2. The summed E-state index contributed by atoms with van der Waals surface area (Å²) in [6.07, 6.45) is 0.943. The highest BCUT2D eigenvalue weighted by atomic mass is 35.5. The van der Waals surface area contributed by atoms with Crippen molar-refractivity contribution in [3.05, 3.63) is 34.9 Å². The number of aliphatic imine (C=N–C) groups is 1. The average molecular weight is 311 g/mol. The maximum absolute atomic E-state index is 5.87. The normalized spacial score (nSPS) is 12.3. The predicted octanol–water partition coefficient (Wildman–Crippen LogP) is 2.44. The van der Waals surface area contributed by atoms with Gasteiger partial charge in [0.15, 0.2) is 5.96 Å². The van der Waals surface area contributed by atoms with Crippen molar-refractivity contribution in [2.75, 3.05) is 26.7 Å². The van der Waals surface area contributed by atoms with E-state index in [2.05, 4.69) is 41.7 Å². The molecule has 0 aromatic heterocycles. The van der Waals surface area contributed by atoms with E-state index >= 15 is 0 Å². The largest absolute Gasteiger partial charge is 0.356 e. The number of rotatable bonds is 6. The van der Waals surface area contributed by atoms with Gasteiger partial charge in [-0.15, -0.1) is 0 Å². The Kier molecular flexibility index (Phi) is 7.54. The fraction of sp³-hybridized carbons (Fsp3) is 0.562. The number of benzene rings is 1. The van der Waals surface area contributed by atoms with Crippen LogP contribution in [0.1, 0.15) is 26.3 Å². The van der Waals surface area contributed by atoms with E-state index in [1.807, 2.05) is 24.3 Å². The second kappa shape index (κ2) is 8.90. The molecule has 0 bridgehead atoms. The summed E-state index contributed by atoms with van der Waals surface area (Å²) in [5.41, 5.74) is 1.41. The Hall–Kier alpha value is -1.26. The summed E-state index contributed by atoms with van der Waals surface area (Å²) >= 11 is 5.87. The number of halogens is 1. The van der Waals surface area contributed by atoms with Gasteiger partial charge >= 0.3 is 0 Å². The topological polar surface area (TPSA) is 48.5 Å². The molecular weight excluding hydrogens is 284 g/mol. The molecule has 4 nitrogen and oxygen atoms in total. The van der Waals surface area contributed by atoms with Crippen molar-refractivity contribution in [3.63, 3.8) is 0 Å². The lowest BCUT2D eigenvalue weighted by Crippen LogP contribution is -2.44. The van der Waals surface area contributed by atoms with Crippen LogP contribution in [0.5, 0.6) is 0 Å².